The highest BCUT2D eigenvalue weighted by atomic mass is 35.5. The van der Waals surface area contributed by atoms with Crippen LogP contribution in [-0.4, -0.2) is 16.5 Å². The van der Waals surface area contributed by atoms with Crippen molar-refractivity contribution in [1.82, 2.24) is 9.97 Å². The molecule has 5 heteroatoms. The Balaban J connectivity index is 1.67. The number of hydrogen-bond acceptors (Lipinski definition) is 4. The van der Waals surface area contributed by atoms with Crippen LogP contribution >= 0.6 is 11.6 Å². The van der Waals surface area contributed by atoms with Crippen molar-refractivity contribution in [3.63, 3.8) is 0 Å². The molecule has 106 valence electrons. The molecular formula is C16H15ClN4. The Bertz CT molecular complexity index is 773. The molecule has 4 nitrogen and oxygen atoms in total. The van der Waals surface area contributed by atoms with Crippen LogP contribution in [-0.2, 0) is 6.42 Å². The Morgan fingerprint density at radius 3 is 2.95 bits per heavy atom. The molecule has 2 aromatic heterocycles. The van der Waals surface area contributed by atoms with E-state index in [2.05, 4.69) is 33.5 Å². The zero-order valence-corrected chi connectivity index (χ0v) is 12.1. The molecule has 0 aliphatic carbocycles. The highest BCUT2D eigenvalue weighted by Gasteiger charge is 2.02. The molecule has 0 spiro atoms. The first-order valence-electron chi connectivity index (χ1n) is 6.72. The van der Waals surface area contributed by atoms with Crippen molar-refractivity contribution in [3.05, 3.63) is 59.4 Å². The number of nitrogens with two attached hydrogens (primary N) is 1. The number of hydrogen-bond donors (Lipinski definition) is 2. The molecule has 0 atom stereocenters. The van der Waals surface area contributed by atoms with Gasteiger partial charge in [-0.25, -0.2) is 4.98 Å². The quantitative estimate of drug-likeness (QED) is 0.723. The van der Waals surface area contributed by atoms with Crippen molar-refractivity contribution in [1.29, 1.82) is 0 Å². The van der Waals surface area contributed by atoms with E-state index in [0.29, 0.717) is 16.7 Å². The first-order chi connectivity index (χ1) is 10.2. The van der Waals surface area contributed by atoms with E-state index in [1.165, 1.54) is 5.56 Å². The average molecular weight is 299 g/mol. The van der Waals surface area contributed by atoms with Crippen LogP contribution < -0.4 is 11.1 Å². The van der Waals surface area contributed by atoms with Crippen LogP contribution in [0.1, 0.15) is 5.56 Å². The molecule has 0 saturated carbocycles. The van der Waals surface area contributed by atoms with E-state index in [1.807, 2.05) is 12.1 Å². The molecule has 0 aliphatic heterocycles. The number of halogens is 1. The van der Waals surface area contributed by atoms with Crippen LogP contribution in [0.15, 0.2) is 48.7 Å². The van der Waals surface area contributed by atoms with Crippen molar-refractivity contribution in [2.75, 3.05) is 17.6 Å². The number of rotatable bonds is 4. The summed E-state index contributed by atoms with van der Waals surface area (Å²) in [4.78, 5) is 8.49. The van der Waals surface area contributed by atoms with Gasteiger partial charge in [0.15, 0.2) is 5.82 Å². The Morgan fingerprint density at radius 1 is 1.14 bits per heavy atom. The van der Waals surface area contributed by atoms with E-state index in [0.717, 1.165) is 23.9 Å². The summed E-state index contributed by atoms with van der Waals surface area (Å²) in [6.45, 7) is 0.739. The fraction of sp³-hybridized carbons (Fsp3) is 0.125. The fourth-order valence-corrected chi connectivity index (χ4v) is 2.34. The third-order valence-electron chi connectivity index (χ3n) is 3.27. The van der Waals surface area contributed by atoms with Crippen LogP contribution in [0.3, 0.4) is 0 Å². The molecule has 0 unspecified atom stereocenters. The largest absolute Gasteiger partial charge is 0.396 e. The zero-order chi connectivity index (χ0) is 14.7. The molecule has 21 heavy (non-hydrogen) atoms. The van der Waals surface area contributed by atoms with Gasteiger partial charge < -0.3 is 11.1 Å². The second-order valence-corrected chi connectivity index (χ2v) is 5.17. The van der Waals surface area contributed by atoms with Crippen molar-refractivity contribution < 1.29 is 0 Å². The van der Waals surface area contributed by atoms with Gasteiger partial charge in [-0.15, -0.1) is 0 Å². The molecule has 1 aromatic carbocycles. The maximum Gasteiger partial charge on any atom is 0.150 e. The van der Waals surface area contributed by atoms with Gasteiger partial charge in [-0.3, -0.25) is 4.98 Å². The summed E-state index contributed by atoms with van der Waals surface area (Å²) in [5.74, 6) is 0.630. The normalized spacial score (nSPS) is 10.7. The number of nitrogens with one attached hydrogen (secondary N) is 1. The molecular weight excluding hydrogens is 284 g/mol. The maximum absolute atomic E-state index is 5.86. The van der Waals surface area contributed by atoms with Crippen molar-refractivity contribution in [3.8, 4) is 0 Å². The van der Waals surface area contributed by atoms with Crippen LogP contribution in [0, 0.1) is 0 Å². The molecule has 3 rings (SSSR count). The SMILES string of the molecule is Nc1ccc(Cl)nc1NCCc1ccc2ncccc2c1. The lowest BCUT2D eigenvalue weighted by Gasteiger charge is -2.09. The van der Waals surface area contributed by atoms with Crippen LogP contribution in [0.5, 0.6) is 0 Å². The van der Waals surface area contributed by atoms with Gasteiger partial charge >= 0.3 is 0 Å². The summed E-state index contributed by atoms with van der Waals surface area (Å²) in [5.41, 5.74) is 8.70. The highest BCUT2D eigenvalue weighted by molar-refractivity contribution is 6.29. The van der Waals surface area contributed by atoms with Gasteiger partial charge in [-0.05, 0) is 42.3 Å². The van der Waals surface area contributed by atoms with Gasteiger partial charge in [0.05, 0.1) is 11.2 Å². The Kier molecular flexibility index (Phi) is 3.88. The summed E-state index contributed by atoms with van der Waals surface area (Å²) in [7, 11) is 0. The van der Waals surface area contributed by atoms with Crippen LogP contribution in [0.25, 0.3) is 10.9 Å². The molecule has 0 radical (unpaired) electrons. The van der Waals surface area contributed by atoms with Gasteiger partial charge in [-0.2, -0.15) is 0 Å². The smallest absolute Gasteiger partial charge is 0.150 e. The monoisotopic (exact) mass is 298 g/mol. The molecule has 0 saturated heterocycles. The van der Waals surface area contributed by atoms with E-state index in [1.54, 1.807) is 18.3 Å². The molecule has 0 bridgehead atoms. The first kappa shape index (κ1) is 13.6. The molecule has 0 amide bonds. The maximum atomic E-state index is 5.86. The third kappa shape index (κ3) is 3.23. The molecule has 0 fully saturated rings. The highest BCUT2D eigenvalue weighted by Crippen LogP contribution is 2.18. The second-order valence-electron chi connectivity index (χ2n) is 4.78. The molecule has 2 heterocycles. The minimum Gasteiger partial charge on any atom is -0.396 e. The fourth-order valence-electron chi connectivity index (χ4n) is 2.19. The van der Waals surface area contributed by atoms with Crippen LogP contribution in [0.4, 0.5) is 11.5 Å². The van der Waals surface area contributed by atoms with E-state index in [-0.39, 0.29) is 0 Å². The van der Waals surface area contributed by atoms with E-state index in [4.69, 9.17) is 17.3 Å². The molecule has 0 aliphatic rings. The van der Waals surface area contributed by atoms with Gasteiger partial charge in [0.2, 0.25) is 0 Å². The number of nitrogen functional groups attached to an aromatic ring is 1. The topological polar surface area (TPSA) is 63.8 Å². The molecule has 3 aromatic rings. The Hall–Kier alpha value is -2.33. The Morgan fingerprint density at radius 2 is 2.05 bits per heavy atom. The van der Waals surface area contributed by atoms with E-state index < -0.39 is 0 Å². The number of aromatic nitrogens is 2. The average Bonchev–Trinajstić information content (AvgIpc) is 2.50. The summed E-state index contributed by atoms with van der Waals surface area (Å²) < 4.78 is 0. The van der Waals surface area contributed by atoms with Gasteiger partial charge in [-0.1, -0.05) is 23.7 Å². The zero-order valence-electron chi connectivity index (χ0n) is 11.4. The standard InChI is InChI=1S/C16H15ClN4/c17-15-6-4-13(18)16(21-15)20-9-7-11-3-5-14-12(10-11)2-1-8-19-14/h1-6,8,10H,7,9,18H2,(H,20,21). The number of benzene rings is 1. The third-order valence-corrected chi connectivity index (χ3v) is 3.48. The summed E-state index contributed by atoms with van der Waals surface area (Å²) in [6, 6.07) is 13.7. The van der Waals surface area contributed by atoms with Gasteiger partial charge in [0, 0.05) is 18.1 Å². The molecule has 3 N–H and O–H groups in total. The second kappa shape index (κ2) is 5.97. The lowest BCUT2D eigenvalue weighted by atomic mass is 10.1. The lowest BCUT2D eigenvalue weighted by Crippen LogP contribution is -2.08. The van der Waals surface area contributed by atoms with Crippen molar-refractivity contribution in [2.45, 2.75) is 6.42 Å². The first-order valence-corrected chi connectivity index (χ1v) is 7.10. The number of fused-ring (bicyclic) bond motifs is 1. The minimum absolute atomic E-state index is 0.434. The predicted octanol–water partition coefficient (Wildman–Crippen LogP) is 3.52. The van der Waals surface area contributed by atoms with E-state index in [9.17, 15) is 0 Å². The number of pyridine rings is 2. The summed E-state index contributed by atoms with van der Waals surface area (Å²) >= 11 is 5.86. The number of nitrogens with zero attached hydrogens (tertiary/aromatic N) is 2. The van der Waals surface area contributed by atoms with Crippen molar-refractivity contribution >= 4 is 34.0 Å². The number of anilines is 2. The van der Waals surface area contributed by atoms with Crippen LogP contribution in [0.2, 0.25) is 5.15 Å². The minimum atomic E-state index is 0.434. The summed E-state index contributed by atoms with van der Waals surface area (Å²) in [5, 5.41) is 4.80. The van der Waals surface area contributed by atoms with E-state index >= 15 is 0 Å². The van der Waals surface area contributed by atoms with Gasteiger partial charge in [0.25, 0.3) is 0 Å². The summed E-state index contributed by atoms with van der Waals surface area (Å²) in [6.07, 6.45) is 2.68. The predicted molar refractivity (Wildman–Crippen MR) is 87.6 cm³/mol. The van der Waals surface area contributed by atoms with Crippen molar-refractivity contribution in [2.24, 2.45) is 0 Å². The Labute approximate surface area is 128 Å². The lowest BCUT2D eigenvalue weighted by molar-refractivity contribution is 1.01. The van der Waals surface area contributed by atoms with Gasteiger partial charge in [0.1, 0.15) is 5.15 Å².